The molecule has 3 N–H and O–H groups in total. The summed E-state index contributed by atoms with van der Waals surface area (Å²) >= 11 is 7.98. The standard InChI is InChI=1S/C13H18ClN3OS/c1-8-3-2-4-9(7-8)19-13-11(14)10(5-6-16-13)12(15)17-18/h5-6,8-9,18H,2-4,7H2,1H3,(H2,15,17). The minimum atomic E-state index is 0.0197. The summed E-state index contributed by atoms with van der Waals surface area (Å²) in [6.45, 7) is 2.29. The molecule has 0 saturated heterocycles. The average molecular weight is 300 g/mol. The fourth-order valence-corrected chi connectivity index (χ4v) is 4.10. The normalized spacial score (nSPS) is 24.4. The van der Waals surface area contributed by atoms with Crippen LogP contribution in [0.25, 0.3) is 0 Å². The zero-order chi connectivity index (χ0) is 13.8. The maximum absolute atomic E-state index is 8.74. The molecule has 2 atom stereocenters. The molecule has 0 aromatic carbocycles. The van der Waals surface area contributed by atoms with Gasteiger partial charge < -0.3 is 10.9 Å². The average Bonchev–Trinajstić information content (AvgIpc) is 2.40. The Kier molecular flexibility index (Phi) is 4.93. The van der Waals surface area contributed by atoms with Crippen molar-refractivity contribution < 1.29 is 5.21 Å². The van der Waals surface area contributed by atoms with Crippen molar-refractivity contribution in [1.82, 2.24) is 4.98 Å². The van der Waals surface area contributed by atoms with Crippen LogP contribution in [0.15, 0.2) is 22.4 Å². The van der Waals surface area contributed by atoms with Crippen molar-refractivity contribution in [1.29, 1.82) is 0 Å². The number of thioether (sulfide) groups is 1. The van der Waals surface area contributed by atoms with Gasteiger partial charge in [0.05, 0.1) is 5.02 Å². The first kappa shape index (κ1) is 14.5. The Hall–Kier alpha value is -0.940. The summed E-state index contributed by atoms with van der Waals surface area (Å²) in [5, 5.41) is 13.5. The molecule has 0 amide bonds. The first-order valence-electron chi connectivity index (χ1n) is 6.41. The molecule has 2 rings (SSSR count). The summed E-state index contributed by atoms with van der Waals surface area (Å²) in [6.07, 6.45) is 6.60. The summed E-state index contributed by atoms with van der Waals surface area (Å²) in [5.41, 5.74) is 6.13. The van der Waals surface area contributed by atoms with Crippen molar-refractivity contribution >= 4 is 29.2 Å². The van der Waals surface area contributed by atoms with E-state index in [1.807, 2.05) is 0 Å². The molecule has 1 aliphatic rings. The van der Waals surface area contributed by atoms with E-state index in [-0.39, 0.29) is 5.84 Å². The Labute approximate surface area is 122 Å². The lowest BCUT2D eigenvalue weighted by atomic mass is 9.91. The van der Waals surface area contributed by atoms with E-state index in [1.165, 1.54) is 25.7 Å². The number of nitrogens with two attached hydrogens (primary N) is 1. The van der Waals surface area contributed by atoms with Gasteiger partial charge in [0.15, 0.2) is 5.84 Å². The van der Waals surface area contributed by atoms with E-state index in [9.17, 15) is 0 Å². The number of pyridine rings is 1. The van der Waals surface area contributed by atoms with E-state index in [1.54, 1.807) is 24.0 Å². The van der Waals surface area contributed by atoms with E-state index < -0.39 is 0 Å². The number of rotatable bonds is 3. The van der Waals surface area contributed by atoms with Gasteiger partial charge in [-0.05, 0) is 24.8 Å². The van der Waals surface area contributed by atoms with Gasteiger partial charge in [0, 0.05) is 17.0 Å². The van der Waals surface area contributed by atoms with Crippen molar-refractivity contribution in [2.24, 2.45) is 16.8 Å². The molecular formula is C13H18ClN3OS. The molecule has 2 unspecified atom stereocenters. The van der Waals surface area contributed by atoms with Crippen molar-refractivity contribution in [3.05, 3.63) is 22.8 Å². The molecule has 0 spiro atoms. The van der Waals surface area contributed by atoms with Crippen molar-refractivity contribution in [3.8, 4) is 0 Å². The number of nitrogens with zero attached hydrogens (tertiary/aromatic N) is 2. The first-order valence-corrected chi connectivity index (χ1v) is 7.66. The highest BCUT2D eigenvalue weighted by Gasteiger charge is 2.22. The molecule has 1 fully saturated rings. The summed E-state index contributed by atoms with van der Waals surface area (Å²) in [5.74, 6) is 0.781. The smallest absolute Gasteiger partial charge is 0.171 e. The van der Waals surface area contributed by atoms with Crippen LogP contribution in [0, 0.1) is 5.92 Å². The summed E-state index contributed by atoms with van der Waals surface area (Å²) in [4.78, 5) is 4.31. The highest BCUT2D eigenvalue weighted by molar-refractivity contribution is 8.00. The maximum atomic E-state index is 8.74. The third-order valence-corrected chi connectivity index (χ3v) is 5.20. The fraction of sp³-hybridized carbons (Fsp3) is 0.538. The molecule has 1 aromatic heterocycles. The van der Waals surface area contributed by atoms with Gasteiger partial charge in [-0.3, -0.25) is 0 Å². The number of aromatic nitrogens is 1. The zero-order valence-corrected chi connectivity index (χ0v) is 12.4. The minimum absolute atomic E-state index is 0.0197. The summed E-state index contributed by atoms with van der Waals surface area (Å²) in [7, 11) is 0. The Balaban J connectivity index is 2.16. The molecule has 1 saturated carbocycles. The van der Waals surface area contributed by atoms with E-state index >= 15 is 0 Å². The monoisotopic (exact) mass is 299 g/mol. The van der Waals surface area contributed by atoms with Crippen LogP contribution < -0.4 is 5.73 Å². The SMILES string of the molecule is CC1CCCC(Sc2nccc(/C(N)=N/O)c2Cl)C1. The van der Waals surface area contributed by atoms with Crippen LogP contribution in [0.2, 0.25) is 5.02 Å². The molecule has 1 aromatic rings. The molecule has 0 radical (unpaired) electrons. The van der Waals surface area contributed by atoms with Crippen LogP contribution >= 0.6 is 23.4 Å². The number of hydrogen-bond donors (Lipinski definition) is 2. The lowest BCUT2D eigenvalue weighted by Gasteiger charge is -2.26. The van der Waals surface area contributed by atoms with Crippen LogP contribution in [0.4, 0.5) is 0 Å². The molecule has 0 aliphatic heterocycles. The highest BCUT2D eigenvalue weighted by atomic mass is 35.5. The zero-order valence-electron chi connectivity index (χ0n) is 10.8. The molecule has 19 heavy (non-hydrogen) atoms. The highest BCUT2D eigenvalue weighted by Crippen LogP contribution is 2.38. The lowest BCUT2D eigenvalue weighted by molar-refractivity contribution is 0.318. The van der Waals surface area contributed by atoms with E-state index in [0.717, 1.165) is 10.9 Å². The fourth-order valence-electron chi connectivity index (χ4n) is 2.40. The second-order valence-corrected chi connectivity index (χ2v) is 6.64. The topological polar surface area (TPSA) is 71.5 Å². The predicted molar refractivity (Wildman–Crippen MR) is 79.0 cm³/mol. The second-order valence-electron chi connectivity index (χ2n) is 4.97. The Bertz CT molecular complexity index is 481. The van der Waals surface area contributed by atoms with Crippen molar-refractivity contribution in [2.45, 2.75) is 42.9 Å². The molecular weight excluding hydrogens is 282 g/mol. The third kappa shape index (κ3) is 3.54. The second kappa shape index (κ2) is 6.48. The number of halogens is 1. The van der Waals surface area contributed by atoms with Crippen molar-refractivity contribution in [2.75, 3.05) is 0 Å². The van der Waals surface area contributed by atoms with Gasteiger partial charge in [0.25, 0.3) is 0 Å². The third-order valence-electron chi connectivity index (χ3n) is 3.41. The van der Waals surface area contributed by atoms with Gasteiger partial charge in [-0.1, -0.05) is 36.5 Å². The van der Waals surface area contributed by atoms with E-state index in [2.05, 4.69) is 17.1 Å². The van der Waals surface area contributed by atoms with Crippen LogP contribution in [-0.4, -0.2) is 21.3 Å². The Morgan fingerprint density at radius 2 is 2.37 bits per heavy atom. The van der Waals surface area contributed by atoms with Crippen molar-refractivity contribution in [3.63, 3.8) is 0 Å². The number of amidine groups is 1. The predicted octanol–water partition coefficient (Wildman–Crippen LogP) is 3.50. The maximum Gasteiger partial charge on any atom is 0.171 e. The molecule has 6 heteroatoms. The van der Waals surface area contributed by atoms with Crippen LogP contribution in [0.1, 0.15) is 38.2 Å². The lowest BCUT2D eigenvalue weighted by Crippen LogP contribution is -2.16. The molecule has 1 heterocycles. The van der Waals surface area contributed by atoms with Gasteiger partial charge in [0.1, 0.15) is 5.03 Å². The van der Waals surface area contributed by atoms with Crippen LogP contribution in [-0.2, 0) is 0 Å². The van der Waals surface area contributed by atoms with Gasteiger partial charge in [-0.25, -0.2) is 4.98 Å². The summed E-state index contributed by atoms with van der Waals surface area (Å²) < 4.78 is 0. The van der Waals surface area contributed by atoms with Gasteiger partial charge in [-0.15, -0.1) is 11.8 Å². The van der Waals surface area contributed by atoms with Gasteiger partial charge in [0.2, 0.25) is 0 Å². The van der Waals surface area contributed by atoms with E-state index in [0.29, 0.717) is 15.8 Å². The van der Waals surface area contributed by atoms with Gasteiger partial charge in [-0.2, -0.15) is 0 Å². The quantitative estimate of drug-likeness (QED) is 0.388. The minimum Gasteiger partial charge on any atom is -0.409 e. The first-order chi connectivity index (χ1) is 9.11. The van der Waals surface area contributed by atoms with Crippen LogP contribution in [0.3, 0.4) is 0 Å². The molecule has 4 nitrogen and oxygen atoms in total. The molecule has 0 bridgehead atoms. The van der Waals surface area contributed by atoms with E-state index in [4.69, 9.17) is 22.5 Å². The number of oxime groups is 1. The van der Waals surface area contributed by atoms with Gasteiger partial charge >= 0.3 is 0 Å². The Morgan fingerprint density at radius 3 is 3.05 bits per heavy atom. The number of hydrogen-bond acceptors (Lipinski definition) is 4. The van der Waals surface area contributed by atoms with Crippen LogP contribution in [0.5, 0.6) is 0 Å². The summed E-state index contributed by atoms with van der Waals surface area (Å²) in [6, 6.07) is 1.66. The molecule has 1 aliphatic carbocycles. The molecule has 104 valence electrons. The largest absolute Gasteiger partial charge is 0.409 e. The Morgan fingerprint density at radius 1 is 1.58 bits per heavy atom.